The number of nitrogens with zero attached hydrogens (tertiary/aromatic N) is 2. The van der Waals surface area contributed by atoms with E-state index in [1.54, 1.807) is 0 Å². The minimum Gasteiger partial charge on any atom is -0.389 e. The molecule has 1 aromatic carbocycles. The fourth-order valence-corrected chi connectivity index (χ4v) is 4.49. The van der Waals surface area contributed by atoms with Gasteiger partial charge in [0.05, 0.1) is 10.2 Å². The summed E-state index contributed by atoms with van der Waals surface area (Å²) in [6.45, 7) is -4.22. The van der Waals surface area contributed by atoms with Crippen molar-refractivity contribution in [3.63, 3.8) is 0 Å². The first-order valence-electron chi connectivity index (χ1n) is 7.02. The SMILES string of the molecule is Fc1cc(Cl)cc(C2=C3C=CC(Br)=[N+]3[B-](F)(F)n3c(Br)ccc32)c1F. The van der Waals surface area contributed by atoms with E-state index in [0.717, 1.165) is 15.0 Å². The van der Waals surface area contributed by atoms with Gasteiger partial charge in [0.1, 0.15) is 0 Å². The average Bonchev–Trinajstić information content (AvgIpc) is 3.09. The molecule has 0 atom stereocenters. The van der Waals surface area contributed by atoms with Crippen LogP contribution in [-0.4, -0.2) is 20.6 Å². The Balaban J connectivity index is 2.15. The number of aromatic nitrogens is 1. The van der Waals surface area contributed by atoms with Gasteiger partial charge in [-0.05, 0) is 40.2 Å². The maximum Gasteiger partial charge on any atom is 0.738 e. The molecular formula is C15H6BBr2ClF4N2. The zero-order valence-electron chi connectivity index (χ0n) is 12.1. The van der Waals surface area contributed by atoms with Gasteiger partial charge < -0.3 is 17.6 Å². The molecule has 2 nitrogen and oxygen atoms in total. The lowest BCUT2D eigenvalue weighted by molar-refractivity contribution is -0.358. The second-order valence-electron chi connectivity index (χ2n) is 5.54. The highest BCUT2D eigenvalue weighted by atomic mass is 79.9. The molecule has 0 fully saturated rings. The van der Waals surface area contributed by atoms with E-state index in [1.165, 1.54) is 30.4 Å². The molecule has 0 spiro atoms. The van der Waals surface area contributed by atoms with E-state index >= 15 is 8.63 Å². The topological polar surface area (TPSA) is 7.94 Å². The van der Waals surface area contributed by atoms with Crippen LogP contribution in [0.3, 0.4) is 0 Å². The maximum absolute atomic E-state index is 15.0. The molecule has 128 valence electrons. The molecular weight excluding hydrogens is 490 g/mol. The van der Waals surface area contributed by atoms with E-state index in [4.69, 9.17) is 11.6 Å². The molecule has 0 aliphatic carbocycles. The van der Waals surface area contributed by atoms with E-state index in [2.05, 4.69) is 31.9 Å². The highest BCUT2D eigenvalue weighted by Crippen LogP contribution is 2.43. The van der Waals surface area contributed by atoms with Crippen molar-refractivity contribution in [1.82, 2.24) is 4.48 Å². The minimum absolute atomic E-state index is 0.0291. The van der Waals surface area contributed by atoms with Gasteiger partial charge in [0, 0.05) is 44.4 Å². The molecule has 4 rings (SSSR count). The minimum atomic E-state index is -4.22. The maximum atomic E-state index is 15.0. The van der Waals surface area contributed by atoms with Crippen molar-refractivity contribution >= 4 is 60.6 Å². The van der Waals surface area contributed by atoms with Crippen molar-refractivity contribution in [3.8, 4) is 0 Å². The lowest BCUT2D eigenvalue weighted by Gasteiger charge is -2.32. The monoisotopic (exact) mass is 494 g/mol. The number of benzene rings is 1. The summed E-state index contributed by atoms with van der Waals surface area (Å²) in [7, 11) is 0. The van der Waals surface area contributed by atoms with Gasteiger partial charge in [0.25, 0.3) is 0 Å². The van der Waals surface area contributed by atoms with Crippen LogP contribution in [0, 0.1) is 11.6 Å². The second kappa shape index (κ2) is 5.59. The lowest BCUT2D eigenvalue weighted by atomic mass is 9.86. The molecule has 25 heavy (non-hydrogen) atoms. The first-order valence-corrected chi connectivity index (χ1v) is 8.98. The van der Waals surface area contributed by atoms with Crippen molar-refractivity contribution < 1.29 is 21.9 Å². The summed E-state index contributed by atoms with van der Waals surface area (Å²) in [6.07, 6.45) is 2.86. The molecule has 3 heterocycles. The Bertz CT molecular complexity index is 1040. The molecule has 0 N–H and O–H groups in total. The molecule has 0 amide bonds. The van der Waals surface area contributed by atoms with Crippen LogP contribution in [-0.2, 0) is 0 Å². The van der Waals surface area contributed by atoms with Crippen LogP contribution in [0.4, 0.5) is 17.4 Å². The first kappa shape index (κ1) is 17.1. The molecule has 0 saturated carbocycles. The molecule has 1 aromatic heterocycles. The zero-order chi connectivity index (χ0) is 18.1. The van der Waals surface area contributed by atoms with Gasteiger partial charge >= 0.3 is 6.97 Å². The Morgan fingerprint density at radius 1 is 1.08 bits per heavy atom. The molecule has 10 heteroatoms. The molecule has 2 aromatic rings. The third-order valence-corrected chi connectivity index (χ3v) is 5.64. The van der Waals surface area contributed by atoms with Gasteiger partial charge in [0.2, 0.25) is 4.62 Å². The summed E-state index contributed by atoms with van der Waals surface area (Å²) in [4.78, 5) is 0. The van der Waals surface area contributed by atoms with Crippen LogP contribution in [0.25, 0.3) is 5.57 Å². The number of halogens is 7. The first-order chi connectivity index (χ1) is 11.7. The van der Waals surface area contributed by atoms with E-state index in [-0.39, 0.29) is 36.8 Å². The summed E-state index contributed by atoms with van der Waals surface area (Å²) < 4.78 is 60.2. The van der Waals surface area contributed by atoms with Gasteiger partial charge in [-0.1, -0.05) is 11.6 Å². The quantitative estimate of drug-likeness (QED) is 0.278. The van der Waals surface area contributed by atoms with Crippen molar-refractivity contribution in [1.29, 1.82) is 0 Å². The summed E-state index contributed by atoms with van der Waals surface area (Å²) in [5.41, 5.74) is 0.0733. The predicted octanol–water partition coefficient (Wildman–Crippen LogP) is 5.55. The van der Waals surface area contributed by atoms with Crippen molar-refractivity contribution in [2.75, 3.05) is 0 Å². The zero-order valence-corrected chi connectivity index (χ0v) is 16.0. The number of fused-ring (bicyclic) bond motifs is 2. The van der Waals surface area contributed by atoms with Crippen LogP contribution in [0.15, 0.2) is 46.7 Å². The van der Waals surface area contributed by atoms with Crippen LogP contribution >= 0.6 is 43.5 Å². The normalized spacial score (nSPS) is 18.0. The molecule has 0 bridgehead atoms. The third-order valence-electron chi connectivity index (χ3n) is 4.13. The van der Waals surface area contributed by atoms with Gasteiger partial charge in [0.15, 0.2) is 17.3 Å². The smallest absolute Gasteiger partial charge is 0.389 e. The Hall–Kier alpha value is -1.32. The van der Waals surface area contributed by atoms with Crippen LogP contribution < -0.4 is 0 Å². The highest BCUT2D eigenvalue weighted by Gasteiger charge is 2.54. The predicted molar refractivity (Wildman–Crippen MR) is 96.2 cm³/mol. The Kier molecular flexibility index (Phi) is 3.83. The molecule has 2 aliphatic rings. The van der Waals surface area contributed by atoms with E-state index in [9.17, 15) is 8.78 Å². The van der Waals surface area contributed by atoms with Gasteiger partial charge in [-0.2, -0.15) is 0 Å². The van der Waals surface area contributed by atoms with Gasteiger partial charge in [-0.15, -0.1) is 0 Å². The number of hydrogen-bond acceptors (Lipinski definition) is 0. The van der Waals surface area contributed by atoms with E-state index < -0.39 is 18.6 Å². The number of rotatable bonds is 1. The standard InChI is InChI=1S/C15H6BBr2ClF4N2/c17-12-3-1-10-14(8-5-7(19)6-9(20)15(8)21)11-2-4-13(18)25(11)16(22,23)24(10)12/h1-6H. The third kappa shape index (κ3) is 2.32. The molecule has 0 unspecified atom stereocenters. The second-order valence-corrected chi connectivity index (χ2v) is 7.60. The van der Waals surface area contributed by atoms with Crippen molar-refractivity contribution in [2.45, 2.75) is 0 Å². The number of hydrogen-bond donors (Lipinski definition) is 0. The fourth-order valence-electron chi connectivity index (χ4n) is 3.15. The Morgan fingerprint density at radius 3 is 2.52 bits per heavy atom. The van der Waals surface area contributed by atoms with Crippen LogP contribution in [0.1, 0.15) is 11.3 Å². The molecule has 2 aliphatic heterocycles. The summed E-state index contributed by atoms with van der Waals surface area (Å²) in [5, 5.41) is -0.0291. The van der Waals surface area contributed by atoms with Crippen LogP contribution in [0.2, 0.25) is 5.02 Å². The Morgan fingerprint density at radius 2 is 1.80 bits per heavy atom. The van der Waals surface area contributed by atoms with Gasteiger partial charge in [-0.25, -0.2) is 8.78 Å². The molecule has 0 radical (unpaired) electrons. The van der Waals surface area contributed by atoms with E-state index in [1.807, 2.05) is 0 Å². The van der Waals surface area contributed by atoms with Crippen molar-refractivity contribution in [3.05, 3.63) is 74.6 Å². The molecule has 0 saturated heterocycles. The van der Waals surface area contributed by atoms with Gasteiger partial charge in [-0.3, -0.25) is 0 Å². The van der Waals surface area contributed by atoms with Crippen LogP contribution in [0.5, 0.6) is 0 Å². The number of allylic oxidation sites excluding steroid dienone is 2. The lowest BCUT2D eigenvalue weighted by Crippen LogP contribution is -2.50. The largest absolute Gasteiger partial charge is 0.738 e. The fraction of sp³-hybridized carbons (Fsp3) is 0. The average molecular weight is 496 g/mol. The summed E-state index contributed by atoms with van der Waals surface area (Å²) in [5.74, 6) is -2.29. The highest BCUT2D eigenvalue weighted by molar-refractivity contribution is 9.18. The summed E-state index contributed by atoms with van der Waals surface area (Å²) >= 11 is 12.1. The van der Waals surface area contributed by atoms with Crippen molar-refractivity contribution in [2.24, 2.45) is 0 Å². The Labute approximate surface area is 161 Å². The van der Waals surface area contributed by atoms with E-state index in [0.29, 0.717) is 0 Å². The summed E-state index contributed by atoms with van der Waals surface area (Å²) in [6, 6.07) is 4.93.